The van der Waals surface area contributed by atoms with Crippen molar-refractivity contribution >= 4 is 17.8 Å². The van der Waals surface area contributed by atoms with Crippen molar-refractivity contribution in [3.05, 3.63) is 12.4 Å². The molecule has 1 aromatic heterocycles. The fourth-order valence-electron chi connectivity index (χ4n) is 0.653. The first-order valence-corrected chi connectivity index (χ1v) is 4.08. The molecule has 54 valence electrons. The lowest BCUT2D eigenvalue weighted by molar-refractivity contribution is 0.685. The molecule has 0 aliphatic heterocycles. The highest BCUT2D eigenvalue weighted by atomic mass is 32.2. The van der Waals surface area contributed by atoms with Crippen molar-refractivity contribution in [3.8, 4) is 0 Å². The highest BCUT2D eigenvalue weighted by Crippen LogP contribution is 2.09. The molecule has 0 spiro atoms. The molecule has 0 aliphatic rings. The summed E-state index contributed by atoms with van der Waals surface area (Å²) in [6.07, 6.45) is 3.61. The van der Waals surface area contributed by atoms with Gasteiger partial charge >= 0.3 is 0 Å². The number of aromatic nitrogens is 3. The highest BCUT2D eigenvalue weighted by Gasteiger charge is 2.00. The molecule has 0 saturated heterocycles. The molecule has 0 bridgehead atoms. The lowest BCUT2D eigenvalue weighted by Gasteiger charge is -1.89. The van der Waals surface area contributed by atoms with E-state index in [-0.39, 0.29) is 0 Å². The van der Waals surface area contributed by atoms with Crippen LogP contribution in [0.5, 0.6) is 0 Å². The van der Waals surface area contributed by atoms with E-state index in [1.54, 1.807) is 22.5 Å². The second kappa shape index (κ2) is 2.88. The van der Waals surface area contributed by atoms with Crippen LogP contribution in [0.2, 0.25) is 0 Å². The smallest absolute Gasteiger partial charge is 0.186 e. The molecule has 3 nitrogen and oxygen atoms in total. The maximum absolute atomic E-state index is 4.14. The molecular formula is C6H9N3S. The van der Waals surface area contributed by atoms with Gasteiger partial charge in [-0.3, -0.25) is 0 Å². The Hall–Kier alpha value is -0.770. The van der Waals surface area contributed by atoms with Crippen LogP contribution in [0.15, 0.2) is 11.7 Å². The number of nitrogens with zero attached hydrogens (tertiary/aromatic N) is 3. The molecule has 10 heavy (non-hydrogen) atoms. The predicted octanol–water partition coefficient (Wildman–Crippen LogP) is 1.18. The van der Waals surface area contributed by atoms with Gasteiger partial charge in [-0.15, -0.1) is 0 Å². The molecule has 0 radical (unpaired) electrons. The van der Waals surface area contributed by atoms with Crippen molar-refractivity contribution in [2.45, 2.75) is 5.16 Å². The molecule has 0 fully saturated rings. The van der Waals surface area contributed by atoms with Gasteiger partial charge in [0, 0.05) is 7.05 Å². The van der Waals surface area contributed by atoms with E-state index in [1.807, 2.05) is 13.3 Å². The quantitative estimate of drug-likeness (QED) is 0.601. The van der Waals surface area contributed by atoms with Gasteiger partial charge in [-0.1, -0.05) is 18.3 Å². The van der Waals surface area contributed by atoms with E-state index in [2.05, 4.69) is 16.7 Å². The Morgan fingerprint density at radius 2 is 2.40 bits per heavy atom. The average molecular weight is 155 g/mol. The minimum atomic E-state index is 0.687. The standard InChI is InChI=1S/C6H9N3S/c1-4-5-7-6(10-3)9(2)8-5/h4H,1H2,2-3H3. The Bertz CT molecular complexity index is 241. The van der Waals surface area contributed by atoms with Crippen molar-refractivity contribution in [3.63, 3.8) is 0 Å². The summed E-state index contributed by atoms with van der Waals surface area (Å²) in [6, 6.07) is 0. The molecule has 4 heteroatoms. The van der Waals surface area contributed by atoms with Crippen LogP contribution in [-0.2, 0) is 7.05 Å². The predicted molar refractivity (Wildman–Crippen MR) is 42.9 cm³/mol. The minimum Gasteiger partial charge on any atom is -0.243 e. The largest absolute Gasteiger partial charge is 0.243 e. The van der Waals surface area contributed by atoms with Crippen molar-refractivity contribution in [2.24, 2.45) is 7.05 Å². The van der Waals surface area contributed by atoms with Gasteiger partial charge < -0.3 is 0 Å². The van der Waals surface area contributed by atoms with Crippen molar-refractivity contribution in [1.82, 2.24) is 14.8 Å². The third kappa shape index (κ3) is 1.21. The Labute approximate surface area is 64.2 Å². The van der Waals surface area contributed by atoms with Gasteiger partial charge in [0.05, 0.1) is 0 Å². The first kappa shape index (κ1) is 7.34. The summed E-state index contributed by atoms with van der Waals surface area (Å²) < 4.78 is 1.74. The van der Waals surface area contributed by atoms with Gasteiger partial charge in [0.1, 0.15) is 0 Å². The van der Waals surface area contributed by atoms with Crippen molar-refractivity contribution in [1.29, 1.82) is 0 Å². The van der Waals surface area contributed by atoms with E-state index in [0.717, 1.165) is 5.16 Å². The van der Waals surface area contributed by atoms with Crippen LogP contribution in [0.25, 0.3) is 6.08 Å². The number of rotatable bonds is 2. The fourth-order valence-corrected chi connectivity index (χ4v) is 1.14. The van der Waals surface area contributed by atoms with Crippen LogP contribution in [-0.4, -0.2) is 21.0 Å². The molecule has 0 amide bonds. The molecule has 1 aromatic rings. The van der Waals surface area contributed by atoms with E-state index in [0.29, 0.717) is 5.82 Å². The third-order valence-corrected chi connectivity index (χ3v) is 1.83. The second-order valence-electron chi connectivity index (χ2n) is 1.78. The summed E-state index contributed by atoms with van der Waals surface area (Å²) in [6.45, 7) is 3.57. The van der Waals surface area contributed by atoms with Gasteiger partial charge in [0.15, 0.2) is 11.0 Å². The maximum Gasteiger partial charge on any atom is 0.186 e. The Balaban J connectivity index is 3.03. The minimum absolute atomic E-state index is 0.687. The molecule has 1 heterocycles. The average Bonchev–Trinajstić information content (AvgIpc) is 2.30. The van der Waals surface area contributed by atoms with E-state index in [1.165, 1.54) is 0 Å². The second-order valence-corrected chi connectivity index (χ2v) is 2.56. The van der Waals surface area contributed by atoms with E-state index in [9.17, 15) is 0 Å². The molecule has 0 unspecified atom stereocenters. The zero-order valence-corrected chi connectivity index (χ0v) is 6.85. The van der Waals surface area contributed by atoms with Crippen LogP contribution in [0.3, 0.4) is 0 Å². The molecule has 1 rings (SSSR count). The topological polar surface area (TPSA) is 30.7 Å². The van der Waals surface area contributed by atoms with Crippen LogP contribution in [0.1, 0.15) is 5.82 Å². The Morgan fingerprint density at radius 3 is 2.70 bits per heavy atom. The summed E-state index contributed by atoms with van der Waals surface area (Å²) >= 11 is 1.57. The zero-order chi connectivity index (χ0) is 7.56. The van der Waals surface area contributed by atoms with Crippen LogP contribution >= 0.6 is 11.8 Å². The number of aryl methyl sites for hydroxylation is 1. The van der Waals surface area contributed by atoms with Gasteiger partial charge in [0.25, 0.3) is 0 Å². The molecule has 0 aliphatic carbocycles. The molecular weight excluding hydrogens is 146 g/mol. The summed E-state index contributed by atoms with van der Waals surface area (Å²) in [5.74, 6) is 0.687. The van der Waals surface area contributed by atoms with Gasteiger partial charge in [-0.2, -0.15) is 5.10 Å². The Kier molecular flexibility index (Phi) is 2.11. The first-order valence-electron chi connectivity index (χ1n) is 2.85. The summed E-state index contributed by atoms with van der Waals surface area (Å²) in [4.78, 5) is 4.14. The monoisotopic (exact) mass is 155 g/mol. The number of hydrogen-bond donors (Lipinski definition) is 0. The van der Waals surface area contributed by atoms with Crippen LogP contribution < -0.4 is 0 Å². The van der Waals surface area contributed by atoms with Crippen LogP contribution in [0.4, 0.5) is 0 Å². The summed E-state index contributed by atoms with van der Waals surface area (Å²) in [5, 5.41) is 4.98. The van der Waals surface area contributed by atoms with Gasteiger partial charge in [-0.25, -0.2) is 9.67 Å². The molecule has 0 aromatic carbocycles. The van der Waals surface area contributed by atoms with E-state index >= 15 is 0 Å². The third-order valence-electron chi connectivity index (χ3n) is 1.10. The van der Waals surface area contributed by atoms with Gasteiger partial charge in [-0.05, 0) is 12.3 Å². The molecule has 0 N–H and O–H groups in total. The SMILES string of the molecule is C=Cc1nc(SC)n(C)n1. The first-order chi connectivity index (χ1) is 4.77. The fraction of sp³-hybridized carbons (Fsp3) is 0.333. The lowest BCUT2D eigenvalue weighted by atomic mass is 10.6. The number of hydrogen-bond acceptors (Lipinski definition) is 3. The Morgan fingerprint density at radius 1 is 1.70 bits per heavy atom. The van der Waals surface area contributed by atoms with Crippen molar-refractivity contribution in [2.75, 3.05) is 6.26 Å². The number of thioether (sulfide) groups is 1. The van der Waals surface area contributed by atoms with Crippen molar-refractivity contribution < 1.29 is 0 Å². The van der Waals surface area contributed by atoms with Crippen LogP contribution in [0, 0.1) is 0 Å². The lowest BCUT2D eigenvalue weighted by Crippen LogP contribution is -1.91. The van der Waals surface area contributed by atoms with E-state index < -0.39 is 0 Å². The van der Waals surface area contributed by atoms with Gasteiger partial charge in [0.2, 0.25) is 0 Å². The normalized spacial score (nSPS) is 9.80. The molecule has 0 atom stereocenters. The summed E-state index contributed by atoms with van der Waals surface area (Å²) in [5.41, 5.74) is 0. The van der Waals surface area contributed by atoms with E-state index in [4.69, 9.17) is 0 Å². The maximum atomic E-state index is 4.14. The summed E-state index contributed by atoms with van der Waals surface area (Å²) in [7, 11) is 1.87. The zero-order valence-electron chi connectivity index (χ0n) is 6.03. The molecule has 0 saturated carbocycles. The highest BCUT2D eigenvalue weighted by molar-refractivity contribution is 7.98.